The minimum absolute atomic E-state index is 0.0582. The van der Waals surface area contributed by atoms with Crippen LogP contribution in [0.4, 0.5) is 0 Å². The van der Waals surface area contributed by atoms with Gasteiger partial charge in [-0.2, -0.15) is 5.10 Å². The molecule has 5 rings (SSSR count). The molecule has 2 fully saturated rings. The number of carbonyl (C=O) groups is 1. The molecule has 2 aliphatic rings. The summed E-state index contributed by atoms with van der Waals surface area (Å²) in [5.41, 5.74) is 5.29. The summed E-state index contributed by atoms with van der Waals surface area (Å²) in [5, 5.41) is 12.2. The van der Waals surface area contributed by atoms with Gasteiger partial charge in [-0.3, -0.25) is 9.89 Å². The number of fused-ring (bicyclic) bond motifs is 1. The van der Waals surface area contributed by atoms with Crippen molar-refractivity contribution in [1.82, 2.24) is 25.2 Å². The van der Waals surface area contributed by atoms with Crippen LogP contribution in [0.25, 0.3) is 11.1 Å². The van der Waals surface area contributed by atoms with Gasteiger partial charge in [0.25, 0.3) is 11.6 Å². The molecule has 1 aliphatic heterocycles. The second-order valence-electron chi connectivity index (χ2n) is 8.07. The fourth-order valence-corrected chi connectivity index (χ4v) is 4.39. The molecule has 0 spiro atoms. The molecule has 0 aromatic carbocycles. The van der Waals surface area contributed by atoms with E-state index in [4.69, 9.17) is 4.52 Å². The van der Waals surface area contributed by atoms with Gasteiger partial charge >= 0.3 is 0 Å². The summed E-state index contributed by atoms with van der Waals surface area (Å²) in [6, 6.07) is 1.98. The lowest BCUT2D eigenvalue weighted by molar-refractivity contribution is 0.0707. The van der Waals surface area contributed by atoms with Crippen molar-refractivity contribution in [3.8, 4) is 0 Å². The van der Waals surface area contributed by atoms with Gasteiger partial charge in [-0.25, -0.2) is 4.98 Å². The van der Waals surface area contributed by atoms with Crippen LogP contribution in [0.2, 0.25) is 0 Å². The number of H-pyrrole nitrogens is 1. The Labute approximate surface area is 163 Å². The highest BCUT2D eigenvalue weighted by Gasteiger charge is 2.32. The van der Waals surface area contributed by atoms with Gasteiger partial charge in [0.2, 0.25) is 0 Å². The molecule has 0 unspecified atom stereocenters. The van der Waals surface area contributed by atoms with Crippen LogP contribution in [0.15, 0.2) is 16.8 Å². The Hall–Kier alpha value is -2.70. The van der Waals surface area contributed by atoms with Gasteiger partial charge in [0.05, 0.1) is 22.8 Å². The smallest absolute Gasteiger partial charge is 0.259 e. The minimum atomic E-state index is 0.0582. The Morgan fingerprint density at radius 1 is 1.32 bits per heavy atom. The topological polar surface area (TPSA) is 87.9 Å². The fraction of sp³-hybridized carbons (Fsp3) is 0.524. The predicted molar refractivity (Wildman–Crippen MR) is 104 cm³/mol. The number of pyridine rings is 1. The van der Waals surface area contributed by atoms with E-state index in [1.807, 2.05) is 24.1 Å². The molecule has 1 amide bonds. The fourth-order valence-electron chi connectivity index (χ4n) is 4.39. The lowest BCUT2D eigenvalue weighted by atomic mass is 9.91. The average molecular weight is 379 g/mol. The number of aromatic nitrogens is 4. The summed E-state index contributed by atoms with van der Waals surface area (Å²) in [6.07, 6.45) is 7.18. The van der Waals surface area contributed by atoms with Crippen LogP contribution < -0.4 is 0 Å². The van der Waals surface area contributed by atoms with Crippen LogP contribution in [0, 0.1) is 6.92 Å². The predicted octanol–water partition coefficient (Wildman–Crippen LogP) is 3.71. The number of nitrogens with one attached hydrogen (secondary N) is 1. The zero-order chi connectivity index (χ0) is 19.3. The van der Waals surface area contributed by atoms with Gasteiger partial charge in [0.15, 0.2) is 0 Å². The number of rotatable bonds is 4. The normalized spacial score (nSPS) is 20.1. The molecule has 1 aliphatic carbocycles. The highest BCUT2D eigenvalue weighted by molar-refractivity contribution is 6.06. The molecule has 1 saturated heterocycles. The van der Waals surface area contributed by atoms with Crippen LogP contribution >= 0.6 is 0 Å². The Bertz CT molecular complexity index is 1030. The second kappa shape index (κ2) is 6.72. The molecular formula is C21H25N5O2. The summed E-state index contributed by atoms with van der Waals surface area (Å²) >= 11 is 0. The first kappa shape index (κ1) is 17.4. The quantitative estimate of drug-likeness (QED) is 0.746. The molecule has 7 heteroatoms. The first-order valence-electron chi connectivity index (χ1n) is 10.2. The van der Waals surface area contributed by atoms with E-state index in [2.05, 4.69) is 27.3 Å². The molecule has 7 nitrogen and oxygen atoms in total. The van der Waals surface area contributed by atoms with E-state index in [9.17, 15) is 4.79 Å². The van der Waals surface area contributed by atoms with E-state index in [1.165, 1.54) is 11.3 Å². The van der Waals surface area contributed by atoms with Crippen LogP contribution in [-0.2, 0) is 6.42 Å². The maximum Gasteiger partial charge on any atom is 0.259 e. The van der Waals surface area contributed by atoms with E-state index >= 15 is 0 Å². The van der Waals surface area contributed by atoms with E-state index in [0.29, 0.717) is 29.7 Å². The Balaban J connectivity index is 1.48. The minimum Gasteiger partial charge on any atom is -0.338 e. The molecule has 4 heterocycles. The Kier molecular flexibility index (Phi) is 4.18. The maximum atomic E-state index is 13.5. The van der Waals surface area contributed by atoms with Crippen molar-refractivity contribution >= 4 is 17.0 Å². The van der Waals surface area contributed by atoms with E-state index < -0.39 is 0 Å². The lowest BCUT2D eigenvalue weighted by Gasteiger charge is -2.33. The highest BCUT2D eigenvalue weighted by Crippen LogP contribution is 2.41. The zero-order valence-electron chi connectivity index (χ0n) is 16.4. The molecule has 1 N–H and O–H groups in total. The number of piperidine rings is 1. The monoisotopic (exact) mass is 379 g/mol. The van der Waals surface area contributed by atoms with Gasteiger partial charge in [0.1, 0.15) is 0 Å². The molecule has 146 valence electrons. The lowest BCUT2D eigenvalue weighted by Crippen LogP contribution is -2.39. The third kappa shape index (κ3) is 2.89. The van der Waals surface area contributed by atoms with E-state index in [0.717, 1.165) is 55.4 Å². The third-order valence-corrected chi connectivity index (χ3v) is 6.11. The molecule has 1 atom stereocenters. The Morgan fingerprint density at radius 3 is 2.96 bits per heavy atom. The SMILES string of the molecule is CCc1cn[nH]c1[C@H]1CCCN(C(=O)c2cc(C3CC3)nc3onc(C)c23)C1. The standard InChI is InChI=1S/C21H25N5O2/c1-3-13-10-22-24-19(13)15-5-4-8-26(11-15)21(27)16-9-17(14-6-7-14)23-20-18(16)12(2)25-28-20/h9-10,14-15H,3-8,11H2,1-2H3,(H,22,24)/t15-/m0/s1. The number of carbonyl (C=O) groups excluding carboxylic acids is 1. The van der Waals surface area contributed by atoms with Crippen LogP contribution in [0.1, 0.15) is 77.4 Å². The van der Waals surface area contributed by atoms with Crippen molar-refractivity contribution in [1.29, 1.82) is 0 Å². The van der Waals surface area contributed by atoms with Gasteiger partial charge in [-0.1, -0.05) is 12.1 Å². The van der Waals surface area contributed by atoms with Crippen LogP contribution in [-0.4, -0.2) is 44.2 Å². The number of hydrogen-bond acceptors (Lipinski definition) is 5. The first-order valence-corrected chi connectivity index (χ1v) is 10.2. The van der Waals surface area contributed by atoms with Crippen molar-refractivity contribution in [3.63, 3.8) is 0 Å². The van der Waals surface area contributed by atoms with Gasteiger partial charge < -0.3 is 9.42 Å². The summed E-state index contributed by atoms with van der Waals surface area (Å²) < 4.78 is 5.41. The summed E-state index contributed by atoms with van der Waals surface area (Å²) in [4.78, 5) is 20.1. The van der Waals surface area contributed by atoms with Gasteiger partial charge in [-0.15, -0.1) is 0 Å². The van der Waals surface area contributed by atoms with Crippen molar-refractivity contribution in [3.05, 3.63) is 40.5 Å². The van der Waals surface area contributed by atoms with Gasteiger partial charge in [0, 0.05) is 36.3 Å². The molecule has 0 radical (unpaired) electrons. The number of hydrogen-bond donors (Lipinski definition) is 1. The molecule has 0 bridgehead atoms. The number of aromatic amines is 1. The average Bonchev–Trinajstić information content (AvgIpc) is 3.35. The number of likely N-dealkylation sites (tertiary alicyclic amines) is 1. The summed E-state index contributed by atoms with van der Waals surface area (Å²) in [7, 11) is 0. The van der Waals surface area contributed by atoms with Crippen LogP contribution in [0.3, 0.4) is 0 Å². The second-order valence-corrected chi connectivity index (χ2v) is 8.07. The molecule has 3 aromatic rings. The third-order valence-electron chi connectivity index (χ3n) is 6.11. The largest absolute Gasteiger partial charge is 0.338 e. The molecule has 3 aromatic heterocycles. The maximum absolute atomic E-state index is 13.5. The van der Waals surface area contributed by atoms with Crippen molar-refractivity contribution in [2.45, 2.75) is 57.8 Å². The van der Waals surface area contributed by atoms with E-state index in [-0.39, 0.29) is 5.91 Å². The zero-order valence-corrected chi connectivity index (χ0v) is 16.4. The van der Waals surface area contributed by atoms with Crippen molar-refractivity contribution in [2.75, 3.05) is 13.1 Å². The van der Waals surface area contributed by atoms with Gasteiger partial charge in [-0.05, 0) is 50.7 Å². The number of nitrogens with zero attached hydrogens (tertiary/aromatic N) is 4. The first-order chi connectivity index (χ1) is 13.7. The van der Waals surface area contributed by atoms with Crippen molar-refractivity contribution in [2.24, 2.45) is 0 Å². The van der Waals surface area contributed by atoms with Crippen LogP contribution in [0.5, 0.6) is 0 Å². The molecule has 28 heavy (non-hydrogen) atoms. The van der Waals surface area contributed by atoms with Crippen molar-refractivity contribution < 1.29 is 9.32 Å². The number of amides is 1. The summed E-state index contributed by atoms with van der Waals surface area (Å²) in [5.74, 6) is 0.814. The van der Waals surface area contributed by atoms with E-state index in [1.54, 1.807) is 0 Å². The summed E-state index contributed by atoms with van der Waals surface area (Å²) in [6.45, 7) is 5.50. The highest BCUT2D eigenvalue weighted by atomic mass is 16.5. The molecule has 1 saturated carbocycles. The molecular weight excluding hydrogens is 354 g/mol. The number of aryl methyl sites for hydroxylation is 2. The Morgan fingerprint density at radius 2 is 2.18 bits per heavy atom.